The molecule has 0 N–H and O–H groups in total. The normalized spacial score (nSPS) is 15.1. The Bertz CT molecular complexity index is 751. The number of hydrazine groups is 1. The van der Waals surface area contributed by atoms with Gasteiger partial charge in [-0.15, -0.1) is 0 Å². The monoisotopic (exact) mass is 388 g/mol. The first kappa shape index (κ1) is 21.5. The molecule has 28 heavy (non-hydrogen) atoms. The number of carbonyl (C=O) groups is 3. The molecule has 0 atom stereocenters. The van der Waals surface area contributed by atoms with Crippen LogP contribution in [-0.4, -0.2) is 46.7 Å². The number of ether oxygens (including phenoxy) is 2. The van der Waals surface area contributed by atoms with Gasteiger partial charge in [0.1, 0.15) is 5.60 Å². The summed E-state index contributed by atoms with van der Waals surface area (Å²) in [6.07, 6.45) is 3.49. The molecule has 0 spiro atoms. The fourth-order valence-electron chi connectivity index (χ4n) is 2.77. The summed E-state index contributed by atoms with van der Waals surface area (Å²) >= 11 is 0. The Morgan fingerprint density at radius 1 is 1.25 bits per heavy atom. The first-order valence-corrected chi connectivity index (χ1v) is 9.44. The van der Waals surface area contributed by atoms with E-state index in [4.69, 9.17) is 9.47 Å². The van der Waals surface area contributed by atoms with Gasteiger partial charge in [-0.3, -0.25) is 4.79 Å². The van der Waals surface area contributed by atoms with Crippen LogP contribution in [0.4, 0.5) is 4.79 Å². The van der Waals surface area contributed by atoms with E-state index in [-0.39, 0.29) is 12.5 Å². The van der Waals surface area contributed by atoms with Crippen LogP contribution < -0.4 is 0 Å². The maximum absolute atomic E-state index is 12.5. The predicted molar refractivity (Wildman–Crippen MR) is 105 cm³/mol. The number of hydrogen-bond acceptors (Lipinski definition) is 5. The second-order valence-electron chi connectivity index (χ2n) is 7.49. The van der Waals surface area contributed by atoms with Gasteiger partial charge in [-0.2, -0.15) is 0 Å². The number of nitrogens with zero attached hydrogens (tertiary/aromatic N) is 2. The highest BCUT2D eigenvalue weighted by molar-refractivity contribution is 5.87. The third-order valence-corrected chi connectivity index (χ3v) is 3.93. The fourth-order valence-corrected chi connectivity index (χ4v) is 2.77. The molecule has 0 bridgehead atoms. The molecule has 0 unspecified atom stereocenters. The largest absolute Gasteiger partial charge is 0.463 e. The average molecular weight is 388 g/mol. The molecular formula is C21H28N2O5. The highest BCUT2D eigenvalue weighted by Gasteiger charge is 2.33. The first-order chi connectivity index (χ1) is 13.2. The summed E-state index contributed by atoms with van der Waals surface area (Å²) in [6, 6.07) is 7.43. The minimum Gasteiger partial charge on any atom is -0.463 e. The third kappa shape index (κ3) is 6.40. The van der Waals surface area contributed by atoms with Gasteiger partial charge in [0.05, 0.1) is 13.2 Å². The van der Waals surface area contributed by atoms with Crippen LogP contribution in [0.2, 0.25) is 0 Å². The quantitative estimate of drug-likeness (QED) is 0.570. The van der Waals surface area contributed by atoms with E-state index >= 15 is 0 Å². The van der Waals surface area contributed by atoms with Crippen LogP contribution in [-0.2, 0) is 25.6 Å². The third-order valence-electron chi connectivity index (χ3n) is 3.93. The van der Waals surface area contributed by atoms with Crippen molar-refractivity contribution in [2.75, 3.05) is 13.2 Å². The van der Waals surface area contributed by atoms with Gasteiger partial charge < -0.3 is 9.47 Å². The summed E-state index contributed by atoms with van der Waals surface area (Å²) < 4.78 is 10.3. The second-order valence-corrected chi connectivity index (χ2v) is 7.49. The van der Waals surface area contributed by atoms with E-state index in [1.807, 2.05) is 24.3 Å². The summed E-state index contributed by atoms with van der Waals surface area (Å²) in [7, 11) is 0. The number of benzene rings is 1. The smallest absolute Gasteiger partial charge is 0.429 e. The lowest BCUT2D eigenvalue weighted by Gasteiger charge is -2.38. The zero-order chi connectivity index (χ0) is 20.7. The van der Waals surface area contributed by atoms with Crippen molar-refractivity contribution in [2.24, 2.45) is 0 Å². The van der Waals surface area contributed by atoms with Crippen molar-refractivity contribution < 1.29 is 23.9 Å². The Hall–Kier alpha value is -2.83. The van der Waals surface area contributed by atoms with E-state index in [0.717, 1.165) is 11.1 Å². The molecule has 152 valence electrons. The molecule has 1 heterocycles. The Morgan fingerprint density at radius 2 is 2.00 bits per heavy atom. The number of hydrogen-bond donors (Lipinski definition) is 0. The van der Waals surface area contributed by atoms with Crippen LogP contribution in [0.25, 0.3) is 6.08 Å². The van der Waals surface area contributed by atoms with E-state index in [0.29, 0.717) is 26.0 Å². The summed E-state index contributed by atoms with van der Waals surface area (Å²) in [6.45, 7) is 8.13. The van der Waals surface area contributed by atoms with Crippen LogP contribution in [0.15, 0.2) is 30.3 Å². The molecule has 1 aliphatic rings. The molecule has 0 aliphatic carbocycles. The summed E-state index contributed by atoms with van der Waals surface area (Å²) in [5.74, 6) is -0.528. The second kappa shape index (κ2) is 9.39. The van der Waals surface area contributed by atoms with Gasteiger partial charge in [0.15, 0.2) is 0 Å². The standard InChI is InChI=1S/C21H28N2O5/c1-5-27-19(25)12-11-16-8-6-9-17(14-16)15-23-18(24)10-7-13-22(23)20(26)28-21(2,3)4/h6,8-9,11-12,14H,5,7,10,13,15H2,1-4H3. The zero-order valence-corrected chi connectivity index (χ0v) is 16.9. The molecule has 7 heteroatoms. The molecule has 7 nitrogen and oxygen atoms in total. The van der Waals surface area contributed by atoms with Crippen molar-refractivity contribution in [1.29, 1.82) is 0 Å². The summed E-state index contributed by atoms with van der Waals surface area (Å²) in [4.78, 5) is 36.4. The predicted octanol–water partition coefficient (Wildman–Crippen LogP) is 3.54. The van der Waals surface area contributed by atoms with Gasteiger partial charge >= 0.3 is 12.1 Å². The lowest BCUT2D eigenvalue weighted by molar-refractivity contribution is -0.155. The van der Waals surface area contributed by atoms with E-state index < -0.39 is 17.7 Å². The SMILES string of the molecule is CCOC(=O)C=Cc1cccc(CN2C(=O)CCCN2C(=O)OC(C)(C)C)c1. The Kier molecular flexibility index (Phi) is 7.20. The van der Waals surface area contributed by atoms with Crippen molar-refractivity contribution in [2.45, 2.75) is 52.7 Å². The molecule has 0 aromatic heterocycles. The topological polar surface area (TPSA) is 76.2 Å². The minimum atomic E-state index is -0.638. The molecule has 1 saturated heterocycles. The maximum atomic E-state index is 12.5. The highest BCUT2D eigenvalue weighted by atomic mass is 16.6. The summed E-state index contributed by atoms with van der Waals surface area (Å²) in [5.41, 5.74) is 1.01. The van der Waals surface area contributed by atoms with E-state index in [1.165, 1.54) is 16.1 Å². The minimum absolute atomic E-state index is 0.121. The van der Waals surface area contributed by atoms with Gasteiger partial charge in [0.2, 0.25) is 5.91 Å². The van der Waals surface area contributed by atoms with Crippen molar-refractivity contribution in [3.05, 3.63) is 41.5 Å². The van der Waals surface area contributed by atoms with E-state index in [1.54, 1.807) is 33.8 Å². The molecule has 0 saturated carbocycles. The Balaban J connectivity index is 2.14. The van der Waals surface area contributed by atoms with Crippen LogP contribution in [0.3, 0.4) is 0 Å². The lowest BCUT2D eigenvalue weighted by atomic mass is 10.1. The number of amides is 2. The molecule has 1 aromatic carbocycles. The van der Waals surface area contributed by atoms with Crippen molar-refractivity contribution >= 4 is 24.0 Å². The zero-order valence-electron chi connectivity index (χ0n) is 16.9. The summed E-state index contributed by atoms with van der Waals surface area (Å²) in [5, 5.41) is 2.81. The molecular weight excluding hydrogens is 360 g/mol. The van der Waals surface area contributed by atoms with Crippen molar-refractivity contribution in [1.82, 2.24) is 10.0 Å². The van der Waals surface area contributed by atoms with Crippen LogP contribution in [0.5, 0.6) is 0 Å². The Labute approximate surface area is 165 Å². The van der Waals surface area contributed by atoms with Crippen molar-refractivity contribution in [3.63, 3.8) is 0 Å². The van der Waals surface area contributed by atoms with Crippen molar-refractivity contribution in [3.8, 4) is 0 Å². The first-order valence-electron chi connectivity index (χ1n) is 9.44. The van der Waals surface area contributed by atoms with Gasteiger partial charge in [0.25, 0.3) is 0 Å². The van der Waals surface area contributed by atoms with E-state index in [9.17, 15) is 14.4 Å². The molecule has 2 amide bonds. The number of rotatable bonds is 5. The van der Waals surface area contributed by atoms with Crippen LogP contribution >= 0.6 is 0 Å². The lowest BCUT2D eigenvalue weighted by Crippen LogP contribution is -2.53. The number of esters is 1. The number of carbonyl (C=O) groups excluding carboxylic acids is 3. The molecule has 1 aliphatic heterocycles. The van der Waals surface area contributed by atoms with Crippen LogP contribution in [0, 0.1) is 0 Å². The average Bonchev–Trinajstić information content (AvgIpc) is 2.61. The van der Waals surface area contributed by atoms with Gasteiger partial charge in [-0.05, 0) is 57.4 Å². The van der Waals surface area contributed by atoms with E-state index in [2.05, 4.69) is 0 Å². The fraction of sp³-hybridized carbons (Fsp3) is 0.476. The molecule has 1 aromatic rings. The molecule has 2 rings (SSSR count). The van der Waals surface area contributed by atoms with Gasteiger partial charge in [-0.25, -0.2) is 19.6 Å². The van der Waals surface area contributed by atoms with Gasteiger partial charge in [-0.1, -0.05) is 18.2 Å². The molecule has 1 fully saturated rings. The Morgan fingerprint density at radius 3 is 2.68 bits per heavy atom. The van der Waals surface area contributed by atoms with Crippen LogP contribution in [0.1, 0.15) is 51.7 Å². The van der Waals surface area contributed by atoms with Gasteiger partial charge in [0, 0.05) is 19.0 Å². The molecule has 0 radical (unpaired) electrons. The highest BCUT2D eigenvalue weighted by Crippen LogP contribution is 2.20. The maximum Gasteiger partial charge on any atom is 0.429 e.